The molecular formula is C21H21FO4. The maximum atomic E-state index is 13.7. The van der Waals surface area contributed by atoms with Gasteiger partial charge in [0.2, 0.25) is 5.78 Å². The van der Waals surface area contributed by atoms with Crippen molar-refractivity contribution in [2.24, 2.45) is 0 Å². The molecule has 1 atom stereocenters. The van der Waals surface area contributed by atoms with Gasteiger partial charge in [0.25, 0.3) is 0 Å². The van der Waals surface area contributed by atoms with Gasteiger partial charge < -0.3 is 9.47 Å². The van der Waals surface area contributed by atoms with Crippen LogP contribution in [0.4, 0.5) is 4.39 Å². The number of fused-ring (bicyclic) bond motifs is 1. The van der Waals surface area contributed by atoms with Crippen molar-refractivity contribution in [2.75, 3.05) is 7.11 Å². The SMILES string of the molecule is COc1ccc(CC(=O)O[C@@H](C)C(=O)c2ccc3c(c2)CCC3)cc1F. The predicted molar refractivity (Wildman–Crippen MR) is 95.0 cm³/mol. The van der Waals surface area contributed by atoms with Crippen molar-refractivity contribution in [3.63, 3.8) is 0 Å². The zero-order valence-electron chi connectivity index (χ0n) is 14.9. The molecule has 3 rings (SSSR count). The van der Waals surface area contributed by atoms with E-state index >= 15 is 0 Å². The van der Waals surface area contributed by atoms with E-state index in [0.29, 0.717) is 11.1 Å². The zero-order valence-corrected chi connectivity index (χ0v) is 14.9. The maximum absolute atomic E-state index is 13.7. The molecule has 0 saturated heterocycles. The summed E-state index contributed by atoms with van der Waals surface area (Å²) in [7, 11) is 1.37. The summed E-state index contributed by atoms with van der Waals surface area (Å²) in [6.07, 6.45) is 2.14. The Balaban J connectivity index is 1.61. The summed E-state index contributed by atoms with van der Waals surface area (Å²) in [5.74, 6) is -1.23. The molecule has 1 aliphatic rings. The van der Waals surface area contributed by atoms with E-state index in [9.17, 15) is 14.0 Å². The van der Waals surface area contributed by atoms with Gasteiger partial charge in [0.1, 0.15) is 0 Å². The number of hydrogen-bond donors (Lipinski definition) is 0. The Morgan fingerprint density at radius 1 is 1.12 bits per heavy atom. The quantitative estimate of drug-likeness (QED) is 0.585. The predicted octanol–water partition coefficient (Wildman–Crippen LogP) is 3.68. The van der Waals surface area contributed by atoms with Gasteiger partial charge in [0, 0.05) is 5.56 Å². The van der Waals surface area contributed by atoms with Gasteiger partial charge in [0.05, 0.1) is 13.5 Å². The average Bonchev–Trinajstić information content (AvgIpc) is 3.08. The van der Waals surface area contributed by atoms with Crippen LogP contribution >= 0.6 is 0 Å². The number of benzene rings is 2. The first kappa shape index (κ1) is 18.1. The summed E-state index contributed by atoms with van der Waals surface area (Å²) >= 11 is 0. The number of aryl methyl sites for hydroxylation is 2. The molecule has 0 aliphatic heterocycles. The van der Waals surface area contributed by atoms with Gasteiger partial charge in [-0.3, -0.25) is 9.59 Å². The number of halogens is 1. The number of ether oxygens (including phenoxy) is 2. The molecule has 0 spiro atoms. The third-order valence-corrected chi connectivity index (χ3v) is 4.63. The van der Waals surface area contributed by atoms with Gasteiger partial charge in [0.15, 0.2) is 17.7 Å². The van der Waals surface area contributed by atoms with E-state index in [1.54, 1.807) is 19.1 Å². The van der Waals surface area contributed by atoms with E-state index < -0.39 is 17.9 Å². The molecule has 26 heavy (non-hydrogen) atoms. The van der Waals surface area contributed by atoms with Crippen molar-refractivity contribution >= 4 is 11.8 Å². The number of carbonyl (C=O) groups excluding carboxylic acids is 2. The van der Waals surface area contributed by atoms with E-state index in [1.807, 2.05) is 12.1 Å². The van der Waals surface area contributed by atoms with Crippen molar-refractivity contribution in [1.82, 2.24) is 0 Å². The van der Waals surface area contributed by atoms with E-state index in [0.717, 1.165) is 19.3 Å². The summed E-state index contributed by atoms with van der Waals surface area (Å²) < 4.78 is 23.8. The molecule has 0 unspecified atom stereocenters. The Kier molecular flexibility index (Phi) is 5.35. The van der Waals surface area contributed by atoms with Gasteiger partial charge >= 0.3 is 5.97 Å². The second-order valence-electron chi connectivity index (χ2n) is 6.48. The molecule has 2 aromatic rings. The number of esters is 1. The largest absolute Gasteiger partial charge is 0.494 e. The molecule has 4 nitrogen and oxygen atoms in total. The number of ketones is 1. The fourth-order valence-corrected chi connectivity index (χ4v) is 3.24. The van der Waals surface area contributed by atoms with Crippen LogP contribution in [0.5, 0.6) is 5.75 Å². The third kappa shape index (κ3) is 3.93. The number of hydrogen-bond acceptors (Lipinski definition) is 4. The molecule has 0 saturated carbocycles. The molecule has 136 valence electrons. The van der Waals surface area contributed by atoms with Crippen molar-refractivity contribution < 1.29 is 23.5 Å². The monoisotopic (exact) mass is 356 g/mol. The van der Waals surface area contributed by atoms with Gasteiger partial charge in [-0.25, -0.2) is 4.39 Å². The topological polar surface area (TPSA) is 52.6 Å². The van der Waals surface area contributed by atoms with Crippen LogP contribution < -0.4 is 4.74 Å². The summed E-state index contributed by atoms with van der Waals surface area (Å²) in [5.41, 5.74) is 3.50. The molecule has 0 N–H and O–H groups in total. The van der Waals surface area contributed by atoms with Gasteiger partial charge in [-0.05, 0) is 61.1 Å². The van der Waals surface area contributed by atoms with Crippen LogP contribution in [0.15, 0.2) is 36.4 Å². The summed E-state index contributed by atoms with van der Waals surface area (Å²) in [6, 6.07) is 9.94. The first-order valence-corrected chi connectivity index (χ1v) is 8.66. The summed E-state index contributed by atoms with van der Waals surface area (Å²) in [6.45, 7) is 1.56. The minimum absolute atomic E-state index is 0.108. The van der Waals surface area contributed by atoms with Crippen LogP contribution in [0.25, 0.3) is 0 Å². The highest BCUT2D eigenvalue weighted by Gasteiger charge is 2.22. The number of carbonyl (C=O) groups is 2. The van der Waals surface area contributed by atoms with Crippen molar-refractivity contribution in [3.8, 4) is 5.75 Å². The standard InChI is InChI=1S/C21H21FO4/c1-13(21(24)17-8-7-15-4-3-5-16(15)12-17)26-20(23)11-14-6-9-19(25-2)18(22)10-14/h6-10,12-13H,3-5,11H2,1-2H3/t13-/m0/s1. The third-order valence-electron chi connectivity index (χ3n) is 4.63. The molecule has 0 bridgehead atoms. The normalized spacial score (nSPS) is 13.8. The van der Waals surface area contributed by atoms with Crippen molar-refractivity contribution in [3.05, 3.63) is 64.5 Å². The Hall–Kier alpha value is -2.69. The molecule has 5 heteroatoms. The van der Waals surface area contributed by atoms with Gasteiger partial charge in [-0.2, -0.15) is 0 Å². The number of methoxy groups -OCH3 is 1. The van der Waals surface area contributed by atoms with Crippen LogP contribution in [0, 0.1) is 5.82 Å². The number of rotatable bonds is 6. The van der Waals surface area contributed by atoms with E-state index in [4.69, 9.17) is 9.47 Å². The van der Waals surface area contributed by atoms with E-state index in [2.05, 4.69) is 0 Å². The minimum atomic E-state index is -0.884. The van der Waals surface area contributed by atoms with Crippen LogP contribution in [0.1, 0.15) is 40.4 Å². The Morgan fingerprint density at radius 3 is 2.62 bits per heavy atom. The van der Waals surface area contributed by atoms with Crippen LogP contribution in [0.2, 0.25) is 0 Å². The van der Waals surface area contributed by atoms with Crippen molar-refractivity contribution in [2.45, 2.75) is 38.7 Å². The van der Waals surface area contributed by atoms with Crippen molar-refractivity contribution in [1.29, 1.82) is 0 Å². The lowest BCUT2D eigenvalue weighted by Gasteiger charge is -2.13. The second-order valence-corrected chi connectivity index (χ2v) is 6.48. The number of Topliss-reactive ketones (excluding diaryl/α,β-unsaturated/α-hetero) is 1. The molecule has 0 amide bonds. The molecule has 1 aliphatic carbocycles. The van der Waals surface area contributed by atoms with Gasteiger partial charge in [-0.15, -0.1) is 0 Å². The fraction of sp³-hybridized carbons (Fsp3) is 0.333. The highest BCUT2D eigenvalue weighted by molar-refractivity contribution is 6.00. The lowest BCUT2D eigenvalue weighted by molar-refractivity contribution is -0.145. The molecule has 2 aromatic carbocycles. The first-order valence-electron chi connectivity index (χ1n) is 8.66. The summed E-state index contributed by atoms with van der Waals surface area (Å²) in [5, 5.41) is 0. The van der Waals surface area contributed by atoms with Gasteiger partial charge in [-0.1, -0.05) is 18.2 Å². The molecule has 0 aromatic heterocycles. The Morgan fingerprint density at radius 2 is 1.88 bits per heavy atom. The lowest BCUT2D eigenvalue weighted by atomic mass is 10.0. The Bertz CT molecular complexity index is 844. The molecular weight excluding hydrogens is 335 g/mol. The van der Waals surface area contributed by atoms with E-state index in [-0.39, 0.29) is 18.0 Å². The highest BCUT2D eigenvalue weighted by atomic mass is 19.1. The summed E-state index contributed by atoms with van der Waals surface area (Å²) in [4.78, 5) is 24.6. The first-order chi connectivity index (χ1) is 12.5. The molecule has 0 radical (unpaired) electrons. The maximum Gasteiger partial charge on any atom is 0.310 e. The smallest absolute Gasteiger partial charge is 0.310 e. The average molecular weight is 356 g/mol. The zero-order chi connectivity index (χ0) is 18.7. The minimum Gasteiger partial charge on any atom is -0.494 e. The lowest BCUT2D eigenvalue weighted by Crippen LogP contribution is -2.25. The van der Waals surface area contributed by atoms with Crippen LogP contribution in [-0.4, -0.2) is 25.0 Å². The molecule has 0 fully saturated rings. The molecule has 0 heterocycles. The fourth-order valence-electron chi connectivity index (χ4n) is 3.24. The van der Waals surface area contributed by atoms with Crippen LogP contribution in [-0.2, 0) is 28.8 Å². The van der Waals surface area contributed by atoms with Crippen LogP contribution in [0.3, 0.4) is 0 Å². The van der Waals surface area contributed by atoms with E-state index in [1.165, 1.54) is 30.4 Å². The Labute approximate surface area is 151 Å². The highest BCUT2D eigenvalue weighted by Crippen LogP contribution is 2.24. The second kappa shape index (κ2) is 7.68.